The Morgan fingerprint density at radius 1 is 1.30 bits per heavy atom. The topological polar surface area (TPSA) is 116 Å². The van der Waals surface area contributed by atoms with Crippen molar-refractivity contribution in [2.24, 2.45) is 0 Å². The Morgan fingerprint density at radius 3 is 2.80 bits per heavy atom. The number of nitrogens with zero attached hydrogens (tertiary/aromatic N) is 4. The molecule has 2 heterocycles. The molecule has 0 bridgehead atoms. The van der Waals surface area contributed by atoms with Crippen molar-refractivity contribution in [2.75, 3.05) is 5.73 Å². The number of nitriles is 1. The summed E-state index contributed by atoms with van der Waals surface area (Å²) in [7, 11) is 0. The van der Waals surface area contributed by atoms with Gasteiger partial charge in [0, 0.05) is 17.1 Å². The molecular weight excluding hydrogens is 378 g/mol. The Bertz CT molecular complexity index is 1140. The average molecular weight is 401 g/mol. The minimum Gasteiger partial charge on any atom is -0.391 e. The van der Waals surface area contributed by atoms with Gasteiger partial charge >= 0.3 is 0 Å². The standard InChI is InChI=1S/C23H23N5O2/c1-14-9-17-10-16(6-8-19(17)27-22(14)25)23(30)28(20-3-2-4-21(20)29)13-18-7-5-15(11-24)12-26-18/h5-10,12,20-21,29H,2-4,13H2,1H3,(H2,25,27)/t20-,21-/m1/s1. The summed E-state index contributed by atoms with van der Waals surface area (Å²) in [5, 5.41) is 20.3. The largest absolute Gasteiger partial charge is 0.391 e. The van der Waals surface area contributed by atoms with Gasteiger partial charge in [-0.2, -0.15) is 5.26 Å². The summed E-state index contributed by atoms with van der Waals surface area (Å²) in [4.78, 5) is 23.9. The van der Waals surface area contributed by atoms with Crippen LogP contribution in [-0.4, -0.2) is 38.0 Å². The first-order valence-corrected chi connectivity index (χ1v) is 9.97. The molecule has 0 radical (unpaired) electrons. The number of hydrogen-bond acceptors (Lipinski definition) is 6. The second-order valence-corrected chi connectivity index (χ2v) is 7.75. The first kappa shape index (κ1) is 19.8. The van der Waals surface area contributed by atoms with Crippen LogP contribution in [0, 0.1) is 18.3 Å². The zero-order valence-corrected chi connectivity index (χ0v) is 16.7. The minimum absolute atomic E-state index is 0.163. The van der Waals surface area contributed by atoms with Gasteiger partial charge in [0.1, 0.15) is 11.9 Å². The lowest BCUT2D eigenvalue weighted by Gasteiger charge is -2.31. The van der Waals surface area contributed by atoms with Gasteiger partial charge in [-0.15, -0.1) is 0 Å². The molecule has 152 valence electrons. The smallest absolute Gasteiger partial charge is 0.254 e. The van der Waals surface area contributed by atoms with Gasteiger partial charge in [0.2, 0.25) is 0 Å². The van der Waals surface area contributed by atoms with Gasteiger partial charge in [0.15, 0.2) is 0 Å². The van der Waals surface area contributed by atoms with E-state index in [0.717, 1.165) is 29.3 Å². The number of amides is 1. The highest BCUT2D eigenvalue weighted by molar-refractivity contribution is 5.98. The maximum atomic E-state index is 13.5. The number of nitrogen functional groups attached to an aromatic ring is 1. The number of anilines is 1. The molecule has 3 aromatic rings. The number of hydrogen-bond donors (Lipinski definition) is 2. The number of nitrogens with two attached hydrogens (primary N) is 1. The van der Waals surface area contributed by atoms with Crippen molar-refractivity contribution in [2.45, 2.75) is 44.9 Å². The van der Waals surface area contributed by atoms with Crippen molar-refractivity contribution < 1.29 is 9.90 Å². The van der Waals surface area contributed by atoms with Crippen molar-refractivity contribution in [1.82, 2.24) is 14.9 Å². The molecule has 0 unspecified atom stereocenters. The van der Waals surface area contributed by atoms with E-state index in [1.807, 2.05) is 25.1 Å². The monoisotopic (exact) mass is 401 g/mol. The first-order chi connectivity index (χ1) is 14.5. The highest BCUT2D eigenvalue weighted by Crippen LogP contribution is 2.28. The van der Waals surface area contributed by atoms with Crippen molar-refractivity contribution in [1.29, 1.82) is 5.26 Å². The molecule has 0 saturated heterocycles. The summed E-state index contributed by atoms with van der Waals surface area (Å²) in [6.45, 7) is 2.15. The van der Waals surface area contributed by atoms with Crippen LogP contribution in [0.4, 0.5) is 5.82 Å². The summed E-state index contributed by atoms with van der Waals surface area (Å²) < 4.78 is 0. The fraction of sp³-hybridized carbons (Fsp3) is 0.304. The van der Waals surface area contributed by atoms with E-state index in [4.69, 9.17) is 11.0 Å². The van der Waals surface area contributed by atoms with Gasteiger partial charge < -0.3 is 15.7 Å². The van der Waals surface area contributed by atoms with E-state index < -0.39 is 6.10 Å². The Morgan fingerprint density at radius 2 is 2.13 bits per heavy atom. The molecule has 7 nitrogen and oxygen atoms in total. The van der Waals surface area contributed by atoms with Crippen LogP contribution in [0.3, 0.4) is 0 Å². The fourth-order valence-electron chi connectivity index (χ4n) is 3.98. The lowest BCUT2D eigenvalue weighted by atomic mass is 10.1. The van der Waals surface area contributed by atoms with Gasteiger partial charge in [0.25, 0.3) is 5.91 Å². The number of pyridine rings is 2. The summed E-state index contributed by atoms with van der Waals surface area (Å²) in [5.41, 5.74) is 9.16. The normalized spacial score (nSPS) is 18.3. The van der Waals surface area contributed by atoms with Gasteiger partial charge in [-0.25, -0.2) is 4.98 Å². The van der Waals surface area contributed by atoms with Crippen LogP contribution in [-0.2, 0) is 6.54 Å². The number of benzene rings is 1. The molecule has 1 amide bonds. The number of aryl methyl sites for hydroxylation is 1. The molecular formula is C23H23N5O2. The van der Waals surface area contributed by atoms with E-state index >= 15 is 0 Å². The van der Waals surface area contributed by atoms with Crippen molar-refractivity contribution in [3.05, 3.63) is 65.0 Å². The zero-order valence-electron chi connectivity index (χ0n) is 16.7. The van der Waals surface area contributed by atoms with Crippen LogP contribution in [0.1, 0.15) is 46.4 Å². The van der Waals surface area contributed by atoms with Crippen LogP contribution in [0.15, 0.2) is 42.6 Å². The second kappa shape index (κ2) is 8.09. The predicted molar refractivity (Wildman–Crippen MR) is 113 cm³/mol. The summed E-state index contributed by atoms with van der Waals surface area (Å²) >= 11 is 0. The van der Waals surface area contributed by atoms with Crippen LogP contribution >= 0.6 is 0 Å². The number of aliphatic hydroxyl groups excluding tert-OH is 1. The minimum atomic E-state index is -0.559. The molecule has 1 saturated carbocycles. The van der Waals surface area contributed by atoms with Gasteiger partial charge in [-0.05, 0) is 68.1 Å². The molecule has 1 fully saturated rings. The van der Waals surface area contributed by atoms with E-state index in [0.29, 0.717) is 29.1 Å². The maximum Gasteiger partial charge on any atom is 0.254 e. The quantitative estimate of drug-likeness (QED) is 0.694. The molecule has 1 aliphatic carbocycles. The number of aliphatic hydroxyl groups is 1. The molecule has 2 aromatic heterocycles. The van der Waals surface area contributed by atoms with E-state index in [1.165, 1.54) is 6.20 Å². The van der Waals surface area contributed by atoms with Crippen LogP contribution in [0.2, 0.25) is 0 Å². The SMILES string of the molecule is Cc1cc2cc(C(=O)N(Cc3ccc(C#N)cn3)[C@@H]3CCC[C@H]3O)ccc2nc1N. The number of fused-ring (bicyclic) bond motifs is 1. The second-order valence-electron chi connectivity index (χ2n) is 7.75. The molecule has 2 atom stereocenters. The van der Waals surface area contributed by atoms with Crippen LogP contribution in [0.25, 0.3) is 10.9 Å². The summed E-state index contributed by atoms with van der Waals surface area (Å²) in [6, 6.07) is 12.5. The van der Waals surface area contributed by atoms with Gasteiger partial charge in [-0.1, -0.05) is 0 Å². The highest BCUT2D eigenvalue weighted by Gasteiger charge is 2.34. The maximum absolute atomic E-state index is 13.5. The summed E-state index contributed by atoms with van der Waals surface area (Å²) in [5.74, 6) is 0.313. The first-order valence-electron chi connectivity index (χ1n) is 9.97. The van der Waals surface area contributed by atoms with E-state index in [-0.39, 0.29) is 18.5 Å². The van der Waals surface area contributed by atoms with Crippen molar-refractivity contribution in [3.63, 3.8) is 0 Å². The lowest BCUT2D eigenvalue weighted by Crippen LogP contribution is -2.44. The van der Waals surface area contributed by atoms with Crippen molar-refractivity contribution >= 4 is 22.6 Å². The zero-order chi connectivity index (χ0) is 21.3. The Balaban J connectivity index is 1.68. The third kappa shape index (κ3) is 3.82. The fourth-order valence-corrected chi connectivity index (χ4v) is 3.98. The third-order valence-corrected chi connectivity index (χ3v) is 5.68. The average Bonchev–Trinajstić information content (AvgIpc) is 3.18. The molecule has 3 N–H and O–H groups in total. The number of carbonyl (C=O) groups excluding carboxylic acids is 1. The van der Waals surface area contributed by atoms with Crippen LogP contribution in [0.5, 0.6) is 0 Å². The highest BCUT2D eigenvalue weighted by atomic mass is 16.3. The molecule has 0 aliphatic heterocycles. The molecule has 1 aromatic carbocycles. The van der Waals surface area contributed by atoms with Crippen LogP contribution < -0.4 is 5.73 Å². The Labute approximate surface area is 174 Å². The third-order valence-electron chi connectivity index (χ3n) is 5.68. The van der Waals surface area contributed by atoms with Gasteiger partial charge in [-0.3, -0.25) is 9.78 Å². The predicted octanol–water partition coefficient (Wildman–Crippen LogP) is 2.95. The van der Waals surface area contributed by atoms with Gasteiger partial charge in [0.05, 0.1) is 35.5 Å². The number of rotatable bonds is 4. The van der Waals surface area contributed by atoms with E-state index in [1.54, 1.807) is 29.2 Å². The van der Waals surface area contributed by atoms with E-state index in [9.17, 15) is 9.90 Å². The summed E-state index contributed by atoms with van der Waals surface area (Å²) in [6.07, 6.45) is 3.23. The molecule has 4 rings (SSSR count). The number of aromatic nitrogens is 2. The molecule has 1 aliphatic rings. The molecule has 30 heavy (non-hydrogen) atoms. The number of carbonyl (C=O) groups is 1. The lowest BCUT2D eigenvalue weighted by molar-refractivity contribution is 0.0428. The Kier molecular flexibility index (Phi) is 5.34. The molecule has 0 spiro atoms. The molecule has 7 heteroatoms. The Hall–Kier alpha value is -3.50. The van der Waals surface area contributed by atoms with E-state index in [2.05, 4.69) is 9.97 Å². The van der Waals surface area contributed by atoms with Crippen molar-refractivity contribution in [3.8, 4) is 6.07 Å².